The number of benzene rings is 1. The van der Waals surface area contributed by atoms with Crippen molar-refractivity contribution in [3.05, 3.63) is 52.8 Å². The van der Waals surface area contributed by atoms with E-state index in [0.29, 0.717) is 24.2 Å². The molecular formula is C17H20N4O2. The van der Waals surface area contributed by atoms with Crippen LogP contribution in [0.2, 0.25) is 0 Å². The molecule has 1 saturated heterocycles. The summed E-state index contributed by atoms with van der Waals surface area (Å²) in [6.45, 7) is 4.46. The molecule has 2 heterocycles. The van der Waals surface area contributed by atoms with Gasteiger partial charge in [0.2, 0.25) is 5.95 Å². The van der Waals surface area contributed by atoms with Crippen LogP contribution in [0.5, 0.6) is 0 Å². The van der Waals surface area contributed by atoms with Crippen molar-refractivity contribution in [1.29, 1.82) is 0 Å². The average molecular weight is 312 g/mol. The first kappa shape index (κ1) is 15.4. The highest BCUT2D eigenvalue weighted by molar-refractivity contribution is 5.95. The zero-order valence-corrected chi connectivity index (χ0v) is 13.3. The fourth-order valence-corrected chi connectivity index (χ4v) is 3.15. The van der Waals surface area contributed by atoms with Crippen LogP contribution in [-0.4, -0.2) is 39.0 Å². The second-order valence-corrected chi connectivity index (χ2v) is 6.05. The first-order valence-corrected chi connectivity index (χ1v) is 7.57. The van der Waals surface area contributed by atoms with E-state index >= 15 is 0 Å². The number of aliphatic hydroxyl groups is 1. The molecule has 3 N–H and O–H groups in total. The molecule has 0 saturated carbocycles. The van der Waals surface area contributed by atoms with Crippen LogP contribution in [0.15, 0.2) is 30.5 Å². The Hall–Kier alpha value is -2.47. The Morgan fingerprint density at radius 2 is 2.09 bits per heavy atom. The molecule has 0 aliphatic carbocycles. The van der Waals surface area contributed by atoms with Crippen molar-refractivity contribution in [3.63, 3.8) is 0 Å². The van der Waals surface area contributed by atoms with E-state index in [0.717, 1.165) is 11.1 Å². The van der Waals surface area contributed by atoms with Gasteiger partial charge >= 0.3 is 0 Å². The number of nitrogen functional groups attached to an aromatic ring is 1. The third kappa shape index (κ3) is 2.77. The van der Waals surface area contributed by atoms with Crippen LogP contribution >= 0.6 is 0 Å². The van der Waals surface area contributed by atoms with Gasteiger partial charge in [-0.1, -0.05) is 24.3 Å². The van der Waals surface area contributed by atoms with Crippen molar-refractivity contribution in [1.82, 2.24) is 14.9 Å². The summed E-state index contributed by atoms with van der Waals surface area (Å²) in [4.78, 5) is 22.3. The lowest BCUT2D eigenvalue weighted by Crippen LogP contribution is -2.35. The summed E-state index contributed by atoms with van der Waals surface area (Å²) < 4.78 is 0. The third-order valence-electron chi connectivity index (χ3n) is 4.41. The van der Waals surface area contributed by atoms with Gasteiger partial charge in [0.25, 0.3) is 5.91 Å². The number of carbonyl (C=O) groups is 1. The van der Waals surface area contributed by atoms with Crippen molar-refractivity contribution >= 4 is 11.9 Å². The molecular weight excluding hydrogens is 292 g/mol. The molecule has 6 nitrogen and oxygen atoms in total. The topological polar surface area (TPSA) is 92.3 Å². The van der Waals surface area contributed by atoms with Crippen LogP contribution in [0.25, 0.3) is 0 Å². The highest BCUT2D eigenvalue weighted by Crippen LogP contribution is 2.34. The first-order valence-electron chi connectivity index (χ1n) is 7.57. The summed E-state index contributed by atoms with van der Waals surface area (Å²) in [6.07, 6.45) is 1.96. The van der Waals surface area contributed by atoms with E-state index in [1.54, 1.807) is 11.8 Å². The summed E-state index contributed by atoms with van der Waals surface area (Å²) in [5, 5.41) is 11.0. The van der Waals surface area contributed by atoms with E-state index in [-0.39, 0.29) is 18.4 Å². The van der Waals surface area contributed by atoms with Crippen LogP contribution in [0.4, 0.5) is 5.95 Å². The lowest BCUT2D eigenvalue weighted by Gasteiger charge is -2.25. The Kier molecular flexibility index (Phi) is 3.77. The van der Waals surface area contributed by atoms with Gasteiger partial charge < -0.3 is 15.7 Å². The van der Waals surface area contributed by atoms with Crippen molar-refractivity contribution in [2.45, 2.75) is 25.9 Å². The van der Waals surface area contributed by atoms with Crippen LogP contribution in [0.1, 0.15) is 33.6 Å². The number of nitrogens with two attached hydrogens (primary N) is 1. The van der Waals surface area contributed by atoms with Crippen molar-refractivity contribution in [2.75, 3.05) is 18.8 Å². The number of nitrogens with zero attached hydrogens (tertiary/aromatic N) is 3. The summed E-state index contributed by atoms with van der Waals surface area (Å²) >= 11 is 0. The number of anilines is 1. The van der Waals surface area contributed by atoms with Gasteiger partial charge in [0.05, 0.1) is 17.8 Å². The number of aryl methyl sites for hydroxylation is 2. The van der Waals surface area contributed by atoms with Crippen LogP contribution in [0.3, 0.4) is 0 Å². The van der Waals surface area contributed by atoms with Crippen molar-refractivity contribution < 1.29 is 9.90 Å². The van der Waals surface area contributed by atoms with E-state index in [4.69, 9.17) is 5.73 Å². The molecule has 1 unspecified atom stereocenters. The number of likely N-dealkylation sites (tertiary alicyclic amines) is 1. The molecule has 23 heavy (non-hydrogen) atoms. The van der Waals surface area contributed by atoms with E-state index in [2.05, 4.69) is 9.97 Å². The smallest absolute Gasteiger partial charge is 0.257 e. The minimum absolute atomic E-state index is 0.150. The van der Waals surface area contributed by atoms with E-state index in [1.807, 2.05) is 31.2 Å². The number of β-amino-alcohol motifs (C(OH)–C–C–N with tert-alkyl or cyclic N) is 1. The molecule has 1 aliphatic heterocycles. The lowest BCUT2D eigenvalue weighted by molar-refractivity contribution is 0.0412. The Bertz CT molecular complexity index is 762. The van der Waals surface area contributed by atoms with Gasteiger partial charge in [0.1, 0.15) is 5.60 Å². The van der Waals surface area contributed by atoms with Gasteiger partial charge in [-0.05, 0) is 31.4 Å². The predicted octanol–water partition coefficient (Wildman–Crippen LogP) is 1.41. The van der Waals surface area contributed by atoms with E-state index in [1.165, 1.54) is 6.20 Å². The number of rotatable bonds is 2. The fraction of sp³-hybridized carbons (Fsp3) is 0.353. The Labute approximate surface area is 135 Å². The van der Waals surface area contributed by atoms with Gasteiger partial charge in [0, 0.05) is 12.7 Å². The van der Waals surface area contributed by atoms with Crippen LogP contribution in [0, 0.1) is 13.8 Å². The van der Waals surface area contributed by atoms with E-state index in [9.17, 15) is 9.90 Å². The Morgan fingerprint density at radius 3 is 2.78 bits per heavy atom. The molecule has 1 aliphatic rings. The first-order chi connectivity index (χ1) is 10.9. The molecule has 6 heteroatoms. The summed E-state index contributed by atoms with van der Waals surface area (Å²) in [5.74, 6) is -0.0242. The summed E-state index contributed by atoms with van der Waals surface area (Å²) in [6, 6.07) is 7.73. The normalized spacial score (nSPS) is 20.7. The molecule has 1 aromatic heterocycles. The largest absolute Gasteiger partial charge is 0.383 e. The van der Waals surface area contributed by atoms with Gasteiger partial charge in [0.15, 0.2) is 0 Å². The van der Waals surface area contributed by atoms with Crippen LogP contribution in [-0.2, 0) is 5.60 Å². The molecule has 0 spiro atoms. The lowest BCUT2D eigenvalue weighted by atomic mass is 9.89. The molecule has 0 radical (unpaired) electrons. The minimum Gasteiger partial charge on any atom is -0.383 e. The number of hydrogen-bond donors (Lipinski definition) is 2. The zero-order valence-electron chi connectivity index (χ0n) is 13.3. The molecule has 0 bridgehead atoms. The maximum absolute atomic E-state index is 12.7. The quantitative estimate of drug-likeness (QED) is 0.874. The summed E-state index contributed by atoms with van der Waals surface area (Å²) in [5.41, 5.74) is 7.39. The number of amides is 1. The van der Waals surface area contributed by atoms with Gasteiger partial charge in [-0.3, -0.25) is 4.79 Å². The minimum atomic E-state index is -1.01. The molecule has 1 aromatic carbocycles. The maximum atomic E-state index is 12.7. The van der Waals surface area contributed by atoms with Crippen molar-refractivity contribution in [3.8, 4) is 0 Å². The van der Waals surface area contributed by atoms with Crippen LogP contribution < -0.4 is 5.73 Å². The van der Waals surface area contributed by atoms with Gasteiger partial charge in [-0.25, -0.2) is 9.97 Å². The fourth-order valence-electron chi connectivity index (χ4n) is 3.15. The van der Waals surface area contributed by atoms with Gasteiger partial charge in [-0.2, -0.15) is 0 Å². The standard InChI is InChI=1S/C17H20N4O2/c1-11-5-3-4-6-14(11)17(23)7-8-21(10-17)15(22)13-9-19-16(18)20-12(13)2/h3-6,9,23H,7-8,10H2,1-2H3,(H2,18,19,20). The number of hydrogen-bond acceptors (Lipinski definition) is 5. The van der Waals surface area contributed by atoms with E-state index < -0.39 is 5.60 Å². The second kappa shape index (κ2) is 5.62. The second-order valence-electron chi connectivity index (χ2n) is 6.05. The molecule has 3 rings (SSSR count). The Balaban J connectivity index is 1.85. The van der Waals surface area contributed by atoms with Gasteiger partial charge in [-0.15, -0.1) is 0 Å². The van der Waals surface area contributed by atoms with Crippen molar-refractivity contribution in [2.24, 2.45) is 0 Å². The molecule has 1 atom stereocenters. The highest BCUT2D eigenvalue weighted by atomic mass is 16.3. The third-order valence-corrected chi connectivity index (χ3v) is 4.41. The molecule has 120 valence electrons. The molecule has 1 amide bonds. The SMILES string of the molecule is Cc1ccccc1C1(O)CCN(C(=O)c2cnc(N)nc2C)C1. The Morgan fingerprint density at radius 1 is 1.35 bits per heavy atom. The number of carbonyl (C=O) groups excluding carboxylic acids is 1. The average Bonchev–Trinajstić information content (AvgIpc) is 2.90. The predicted molar refractivity (Wildman–Crippen MR) is 86.8 cm³/mol. The summed E-state index contributed by atoms with van der Waals surface area (Å²) in [7, 11) is 0. The maximum Gasteiger partial charge on any atom is 0.257 e. The zero-order chi connectivity index (χ0) is 16.6. The highest BCUT2D eigenvalue weighted by Gasteiger charge is 2.40. The monoisotopic (exact) mass is 312 g/mol. The molecule has 1 fully saturated rings. The number of aromatic nitrogens is 2. The molecule has 2 aromatic rings.